The number of hydrogen-bond acceptors (Lipinski definition) is 6. The maximum Gasteiger partial charge on any atom is 0.338 e. The summed E-state index contributed by atoms with van der Waals surface area (Å²) < 4.78 is 38.2. The molecule has 0 fully saturated rings. The molecule has 0 aromatic heterocycles. The van der Waals surface area contributed by atoms with Crippen molar-refractivity contribution >= 4 is 44.9 Å². The van der Waals surface area contributed by atoms with Crippen molar-refractivity contribution in [3.63, 3.8) is 0 Å². The number of nitrogens with zero attached hydrogens (tertiary/aromatic N) is 1. The van der Waals surface area contributed by atoms with E-state index in [1.54, 1.807) is 49.4 Å². The van der Waals surface area contributed by atoms with E-state index in [-0.39, 0.29) is 10.6 Å². The molecule has 0 aliphatic rings. The van der Waals surface area contributed by atoms with Crippen LogP contribution in [0.25, 0.3) is 0 Å². The minimum atomic E-state index is -4.12. The van der Waals surface area contributed by atoms with Crippen molar-refractivity contribution < 1.29 is 27.5 Å². The molecule has 0 radical (unpaired) electrons. The van der Waals surface area contributed by atoms with E-state index in [0.717, 1.165) is 4.31 Å². The molecule has 0 spiro atoms. The summed E-state index contributed by atoms with van der Waals surface area (Å²) in [4.78, 5) is 25.0. The largest absolute Gasteiger partial charge is 0.494 e. The van der Waals surface area contributed by atoms with E-state index in [1.807, 2.05) is 6.92 Å². The number of carbonyl (C=O) groups excluding carboxylic acids is 2. The number of esters is 1. The van der Waals surface area contributed by atoms with Gasteiger partial charge in [0.1, 0.15) is 12.3 Å². The zero-order valence-corrected chi connectivity index (χ0v) is 21.0. The highest BCUT2D eigenvalue weighted by atomic mass is 35.5. The first-order chi connectivity index (χ1) is 16.7. The van der Waals surface area contributed by atoms with Crippen LogP contribution in [0.4, 0.5) is 11.4 Å². The molecule has 0 unspecified atom stereocenters. The zero-order chi connectivity index (χ0) is 25.6. The summed E-state index contributed by atoms with van der Waals surface area (Å²) >= 11 is 5.92. The van der Waals surface area contributed by atoms with Gasteiger partial charge in [-0.1, -0.05) is 17.7 Å². The fourth-order valence-corrected chi connectivity index (χ4v) is 4.89. The minimum absolute atomic E-state index is 0.0209. The highest BCUT2D eigenvalue weighted by molar-refractivity contribution is 7.92. The normalized spacial score (nSPS) is 11.0. The van der Waals surface area contributed by atoms with Crippen LogP contribution in [0.2, 0.25) is 5.02 Å². The van der Waals surface area contributed by atoms with Crippen molar-refractivity contribution in [1.82, 2.24) is 0 Å². The third-order valence-corrected chi connectivity index (χ3v) is 7.18. The van der Waals surface area contributed by atoms with Gasteiger partial charge in [-0.3, -0.25) is 9.10 Å². The first-order valence-electron chi connectivity index (χ1n) is 10.7. The Kier molecular flexibility index (Phi) is 8.37. The number of carbonyl (C=O) groups is 2. The zero-order valence-electron chi connectivity index (χ0n) is 19.4. The number of amides is 1. The summed E-state index contributed by atoms with van der Waals surface area (Å²) in [6, 6.07) is 16.9. The second-order valence-corrected chi connectivity index (χ2v) is 9.71. The van der Waals surface area contributed by atoms with Gasteiger partial charge in [0.2, 0.25) is 5.91 Å². The fraction of sp³-hybridized carbons (Fsp3) is 0.200. The Balaban J connectivity index is 1.95. The predicted molar refractivity (Wildman–Crippen MR) is 135 cm³/mol. The van der Waals surface area contributed by atoms with Gasteiger partial charge < -0.3 is 14.8 Å². The van der Waals surface area contributed by atoms with Gasteiger partial charge in [-0.2, -0.15) is 0 Å². The van der Waals surface area contributed by atoms with E-state index in [9.17, 15) is 18.0 Å². The van der Waals surface area contributed by atoms with Crippen LogP contribution in [0.1, 0.15) is 22.8 Å². The molecule has 0 aliphatic heterocycles. The molecule has 0 atom stereocenters. The van der Waals surface area contributed by atoms with Crippen molar-refractivity contribution in [3.8, 4) is 5.75 Å². The first-order valence-corrected chi connectivity index (χ1v) is 12.5. The summed E-state index contributed by atoms with van der Waals surface area (Å²) in [7, 11) is -2.85. The van der Waals surface area contributed by atoms with Crippen LogP contribution in [0.3, 0.4) is 0 Å². The molecule has 184 valence electrons. The number of hydrogen-bond donors (Lipinski definition) is 1. The molecule has 3 rings (SSSR count). The molecular formula is C25H25ClN2O6S. The topological polar surface area (TPSA) is 102 Å². The number of nitrogens with one attached hydrogen (secondary N) is 1. The van der Waals surface area contributed by atoms with Gasteiger partial charge in [-0.15, -0.1) is 0 Å². The summed E-state index contributed by atoms with van der Waals surface area (Å²) in [5, 5.41) is 3.08. The van der Waals surface area contributed by atoms with E-state index in [1.165, 1.54) is 31.4 Å². The van der Waals surface area contributed by atoms with Crippen LogP contribution in [-0.2, 0) is 19.6 Å². The van der Waals surface area contributed by atoms with Gasteiger partial charge in [0.25, 0.3) is 10.0 Å². The number of anilines is 2. The Morgan fingerprint density at radius 1 is 1.00 bits per heavy atom. The van der Waals surface area contributed by atoms with Gasteiger partial charge in [-0.25, -0.2) is 13.2 Å². The lowest BCUT2D eigenvalue weighted by molar-refractivity contribution is -0.114. The molecule has 10 heteroatoms. The number of halogens is 1. The highest BCUT2D eigenvalue weighted by Gasteiger charge is 2.28. The fourth-order valence-electron chi connectivity index (χ4n) is 3.35. The summed E-state index contributed by atoms with van der Waals surface area (Å²) in [6.45, 7) is 3.45. The van der Waals surface area contributed by atoms with Crippen LogP contribution in [0, 0.1) is 6.92 Å². The molecular weight excluding hydrogens is 492 g/mol. The molecule has 1 N–H and O–H groups in total. The van der Waals surface area contributed by atoms with Gasteiger partial charge in [0.05, 0.1) is 29.9 Å². The molecule has 0 saturated heterocycles. The van der Waals surface area contributed by atoms with Crippen molar-refractivity contribution in [2.24, 2.45) is 0 Å². The number of benzene rings is 3. The Hall–Kier alpha value is -3.56. The molecule has 0 saturated carbocycles. The molecule has 8 nitrogen and oxygen atoms in total. The SMILES string of the molecule is CCOc1ccc(N(CC(=O)Nc2cccc(C(=O)OC)c2C)S(=O)(=O)c2ccc(Cl)cc2)cc1. The standard InChI is InChI=1S/C25H25ClN2O6S/c1-4-34-20-12-10-19(11-13-20)28(35(31,32)21-14-8-18(26)9-15-21)16-24(29)27-23-7-5-6-22(17(23)2)25(30)33-3/h5-15H,4,16H2,1-3H3,(H,27,29). The van der Waals surface area contributed by atoms with Crippen molar-refractivity contribution in [1.29, 1.82) is 0 Å². The highest BCUT2D eigenvalue weighted by Crippen LogP contribution is 2.27. The minimum Gasteiger partial charge on any atom is -0.494 e. The maximum atomic E-state index is 13.5. The van der Waals surface area contributed by atoms with Crippen LogP contribution >= 0.6 is 11.6 Å². The van der Waals surface area contributed by atoms with E-state index >= 15 is 0 Å². The summed E-state index contributed by atoms with van der Waals surface area (Å²) in [5.41, 5.74) is 1.44. The third-order valence-electron chi connectivity index (χ3n) is 5.14. The van der Waals surface area contributed by atoms with E-state index < -0.39 is 28.4 Å². The van der Waals surface area contributed by atoms with Gasteiger partial charge in [0, 0.05) is 10.7 Å². The van der Waals surface area contributed by atoms with Crippen molar-refractivity contribution in [2.45, 2.75) is 18.7 Å². The van der Waals surface area contributed by atoms with Crippen LogP contribution in [-0.4, -0.2) is 40.6 Å². The lowest BCUT2D eigenvalue weighted by Gasteiger charge is -2.24. The monoisotopic (exact) mass is 516 g/mol. The maximum absolute atomic E-state index is 13.5. The predicted octanol–water partition coefficient (Wildman–Crippen LogP) is 4.67. The number of sulfonamides is 1. The number of methoxy groups -OCH3 is 1. The van der Waals surface area contributed by atoms with Crippen molar-refractivity contribution in [3.05, 3.63) is 82.9 Å². The molecule has 0 heterocycles. The van der Waals surface area contributed by atoms with Crippen molar-refractivity contribution in [2.75, 3.05) is 29.9 Å². The summed E-state index contributed by atoms with van der Waals surface area (Å²) in [6.07, 6.45) is 0. The number of rotatable bonds is 9. The molecule has 0 aliphatic carbocycles. The lowest BCUT2D eigenvalue weighted by atomic mass is 10.1. The molecule has 3 aromatic rings. The molecule has 0 bridgehead atoms. The smallest absolute Gasteiger partial charge is 0.338 e. The van der Waals surface area contributed by atoms with Crippen LogP contribution < -0.4 is 14.4 Å². The van der Waals surface area contributed by atoms with Crippen LogP contribution in [0.5, 0.6) is 5.75 Å². The second-order valence-electron chi connectivity index (χ2n) is 7.41. The Bertz CT molecular complexity index is 1310. The summed E-state index contributed by atoms with van der Waals surface area (Å²) in [5.74, 6) is -0.568. The van der Waals surface area contributed by atoms with Gasteiger partial charge in [-0.05, 0) is 80.1 Å². The third kappa shape index (κ3) is 6.12. The average Bonchev–Trinajstić information content (AvgIpc) is 2.84. The van der Waals surface area contributed by atoms with Crippen LogP contribution in [0.15, 0.2) is 71.6 Å². The lowest BCUT2D eigenvalue weighted by Crippen LogP contribution is -2.38. The molecule has 3 aromatic carbocycles. The Morgan fingerprint density at radius 2 is 1.66 bits per heavy atom. The van der Waals surface area contributed by atoms with Gasteiger partial charge >= 0.3 is 5.97 Å². The van der Waals surface area contributed by atoms with E-state index in [4.69, 9.17) is 21.1 Å². The second kappa shape index (κ2) is 11.2. The Labute approximate surface area is 209 Å². The van der Waals surface area contributed by atoms with E-state index in [2.05, 4.69) is 5.32 Å². The van der Waals surface area contributed by atoms with Gasteiger partial charge in [0.15, 0.2) is 0 Å². The Morgan fingerprint density at radius 3 is 2.26 bits per heavy atom. The quantitative estimate of drug-likeness (QED) is 0.415. The van der Waals surface area contributed by atoms with E-state index in [0.29, 0.717) is 34.2 Å². The molecule has 1 amide bonds. The number of ether oxygens (including phenoxy) is 2. The average molecular weight is 517 g/mol. The molecule has 35 heavy (non-hydrogen) atoms. The first kappa shape index (κ1) is 26.1.